The predicted molar refractivity (Wildman–Crippen MR) is 124 cm³/mol. The molecular formula is C20H22N4O4S3. The minimum atomic E-state index is -4.03. The molecule has 2 aromatic carbocycles. The van der Waals surface area contributed by atoms with Gasteiger partial charge >= 0.3 is 0 Å². The fourth-order valence-electron chi connectivity index (χ4n) is 2.65. The first kappa shape index (κ1) is 23.0. The highest BCUT2D eigenvalue weighted by Crippen LogP contribution is 2.32. The number of carbonyl (C=O) groups is 1. The number of amides is 1. The second-order valence-corrected chi connectivity index (χ2v) is 10.4. The standard InChI is InChI=1S/C20H22N4O4S3/c1-3-13-29-20-23-22-19(30-20)21-18(25)14-24(16-11-7-8-12-17(16)28-2)31(26,27)15-9-5-4-6-10-15/h4-12H,3,13-14H2,1-2H3,(H,21,22,25). The van der Waals surface area contributed by atoms with E-state index >= 15 is 0 Å². The summed E-state index contributed by atoms with van der Waals surface area (Å²) in [5.41, 5.74) is 0.264. The van der Waals surface area contributed by atoms with E-state index < -0.39 is 22.5 Å². The number of aromatic nitrogens is 2. The molecule has 8 nitrogen and oxygen atoms in total. The van der Waals surface area contributed by atoms with Crippen LogP contribution in [0.15, 0.2) is 63.8 Å². The Balaban J connectivity index is 1.88. The van der Waals surface area contributed by atoms with Crippen LogP contribution in [-0.2, 0) is 14.8 Å². The third-order valence-electron chi connectivity index (χ3n) is 4.05. The van der Waals surface area contributed by atoms with Crippen molar-refractivity contribution in [3.8, 4) is 5.75 Å². The van der Waals surface area contributed by atoms with Crippen LogP contribution in [0.1, 0.15) is 13.3 Å². The number of hydrogen-bond acceptors (Lipinski definition) is 8. The van der Waals surface area contributed by atoms with E-state index in [9.17, 15) is 13.2 Å². The van der Waals surface area contributed by atoms with Gasteiger partial charge in [0.15, 0.2) is 4.34 Å². The van der Waals surface area contributed by atoms with Gasteiger partial charge in [0, 0.05) is 5.75 Å². The van der Waals surface area contributed by atoms with Crippen molar-refractivity contribution in [2.75, 3.05) is 29.0 Å². The highest BCUT2D eigenvalue weighted by atomic mass is 32.2. The highest BCUT2D eigenvalue weighted by molar-refractivity contribution is 8.01. The van der Waals surface area contributed by atoms with Gasteiger partial charge < -0.3 is 4.74 Å². The van der Waals surface area contributed by atoms with E-state index in [1.165, 1.54) is 30.6 Å². The normalized spacial score (nSPS) is 11.2. The second kappa shape index (κ2) is 10.6. The fourth-order valence-corrected chi connectivity index (χ4v) is 5.80. The second-order valence-electron chi connectivity index (χ2n) is 6.27. The van der Waals surface area contributed by atoms with E-state index in [1.807, 2.05) is 0 Å². The van der Waals surface area contributed by atoms with Crippen molar-refractivity contribution in [3.05, 3.63) is 54.6 Å². The first-order chi connectivity index (χ1) is 15.0. The summed E-state index contributed by atoms with van der Waals surface area (Å²) in [7, 11) is -2.58. The highest BCUT2D eigenvalue weighted by Gasteiger charge is 2.29. The maximum atomic E-state index is 13.4. The number of benzene rings is 2. The van der Waals surface area contributed by atoms with Crippen LogP contribution in [0.4, 0.5) is 10.8 Å². The molecule has 0 saturated carbocycles. The molecule has 3 rings (SSSR count). The van der Waals surface area contributed by atoms with Gasteiger partial charge in [-0.15, -0.1) is 10.2 Å². The Morgan fingerprint density at radius 1 is 1.13 bits per heavy atom. The molecule has 1 N–H and O–H groups in total. The van der Waals surface area contributed by atoms with Gasteiger partial charge in [0.05, 0.1) is 17.7 Å². The zero-order valence-corrected chi connectivity index (χ0v) is 19.5. The molecule has 0 aliphatic heterocycles. The number of anilines is 2. The maximum Gasteiger partial charge on any atom is 0.264 e. The van der Waals surface area contributed by atoms with Crippen LogP contribution >= 0.6 is 23.1 Å². The molecule has 0 spiro atoms. The molecule has 0 unspecified atom stereocenters. The minimum absolute atomic E-state index is 0.0721. The number of para-hydroxylation sites is 2. The van der Waals surface area contributed by atoms with Gasteiger partial charge in [0.25, 0.3) is 10.0 Å². The van der Waals surface area contributed by atoms with Crippen LogP contribution in [0.5, 0.6) is 5.75 Å². The third-order valence-corrected chi connectivity index (χ3v) is 8.01. The fraction of sp³-hybridized carbons (Fsp3) is 0.250. The van der Waals surface area contributed by atoms with Crippen molar-refractivity contribution in [3.63, 3.8) is 0 Å². The molecule has 31 heavy (non-hydrogen) atoms. The van der Waals surface area contributed by atoms with Crippen LogP contribution in [0.2, 0.25) is 0 Å². The van der Waals surface area contributed by atoms with Crippen molar-refractivity contribution in [1.82, 2.24) is 10.2 Å². The summed E-state index contributed by atoms with van der Waals surface area (Å²) in [5.74, 6) is 0.706. The van der Waals surface area contributed by atoms with Gasteiger partial charge in [-0.1, -0.05) is 60.4 Å². The lowest BCUT2D eigenvalue weighted by atomic mass is 10.3. The Labute approximate surface area is 189 Å². The van der Waals surface area contributed by atoms with Crippen molar-refractivity contribution < 1.29 is 17.9 Å². The average molecular weight is 479 g/mol. The number of methoxy groups -OCH3 is 1. The number of carbonyl (C=O) groups excluding carboxylic acids is 1. The van der Waals surface area contributed by atoms with Crippen LogP contribution < -0.4 is 14.4 Å². The summed E-state index contributed by atoms with van der Waals surface area (Å²) < 4.78 is 33.9. The van der Waals surface area contributed by atoms with E-state index in [0.717, 1.165) is 20.8 Å². The van der Waals surface area contributed by atoms with Crippen molar-refractivity contribution >= 4 is 49.8 Å². The smallest absolute Gasteiger partial charge is 0.264 e. The molecule has 0 aliphatic carbocycles. The lowest BCUT2D eigenvalue weighted by molar-refractivity contribution is -0.114. The molecule has 0 aliphatic rings. The van der Waals surface area contributed by atoms with Gasteiger partial charge in [0.1, 0.15) is 12.3 Å². The number of hydrogen-bond donors (Lipinski definition) is 1. The van der Waals surface area contributed by atoms with Crippen molar-refractivity contribution in [2.45, 2.75) is 22.6 Å². The maximum absolute atomic E-state index is 13.4. The summed E-state index contributed by atoms with van der Waals surface area (Å²) in [6.07, 6.45) is 0.997. The predicted octanol–water partition coefficient (Wildman–Crippen LogP) is 3.88. The Kier molecular flexibility index (Phi) is 7.88. The van der Waals surface area contributed by atoms with Crippen LogP contribution in [0.25, 0.3) is 0 Å². The van der Waals surface area contributed by atoms with Crippen LogP contribution in [-0.4, -0.2) is 43.9 Å². The van der Waals surface area contributed by atoms with Gasteiger partial charge in [-0.2, -0.15) is 0 Å². The summed E-state index contributed by atoms with van der Waals surface area (Å²) >= 11 is 2.81. The van der Waals surface area contributed by atoms with E-state index in [1.54, 1.807) is 54.2 Å². The number of nitrogens with zero attached hydrogens (tertiary/aromatic N) is 3. The number of nitrogens with one attached hydrogen (secondary N) is 1. The topological polar surface area (TPSA) is 101 Å². The van der Waals surface area contributed by atoms with Crippen molar-refractivity contribution in [1.29, 1.82) is 0 Å². The van der Waals surface area contributed by atoms with E-state index in [4.69, 9.17) is 4.74 Å². The Morgan fingerprint density at radius 2 is 1.84 bits per heavy atom. The quantitative estimate of drug-likeness (QED) is 0.348. The van der Waals surface area contributed by atoms with E-state index in [-0.39, 0.29) is 10.6 Å². The zero-order chi connectivity index (χ0) is 22.3. The van der Waals surface area contributed by atoms with Gasteiger partial charge in [-0.05, 0) is 30.7 Å². The molecule has 0 fully saturated rings. The number of rotatable bonds is 10. The Morgan fingerprint density at radius 3 is 2.55 bits per heavy atom. The molecule has 11 heteroatoms. The van der Waals surface area contributed by atoms with Crippen molar-refractivity contribution in [2.24, 2.45) is 0 Å². The molecule has 0 bridgehead atoms. The number of ether oxygens (including phenoxy) is 1. The molecule has 1 heterocycles. The molecule has 1 amide bonds. The monoisotopic (exact) mass is 478 g/mol. The molecule has 0 atom stereocenters. The Bertz CT molecular complexity index is 1120. The summed E-state index contributed by atoms with van der Waals surface area (Å²) in [4.78, 5) is 12.8. The van der Waals surface area contributed by atoms with E-state index in [2.05, 4.69) is 22.4 Å². The van der Waals surface area contributed by atoms with Gasteiger partial charge in [-0.3, -0.25) is 14.4 Å². The SMILES string of the molecule is CCCSc1nnc(NC(=O)CN(c2ccccc2OC)S(=O)(=O)c2ccccc2)s1. The minimum Gasteiger partial charge on any atom is -0.495 e. The molecular weight excluding hydrogens is 456 g/mol. The molecule has 164 valence electrons. The Hall–Kier alpha value is -2.63. The molecule has 1 aromatic heterocycles. The summed E-state index contributed by atoms with van der Waals surface area (Å²) in [6, 6.07) is 14.6. The number of sulfonamides is 1. The lowest BCUT2D eigenvalue weighted by Crippen LogP contribution is -2.38. The first-order valence-corrected chi connectivity index (χ1v) is 12.7. The molecule has 0 saturated heterocycles. The zero-order valence-electron chi connectivity index (χ0n) is 17.0. The third kappa shape index (κ3) is 5.75. The largest absolute Gasteiger partial charge is 0.495 e. The summed E-state index contributed by atoms with van der Waals surface area (Å²) in [5, 5.41) is 11.0. The van der Waals surface area contributed by atoms with Gasteiger partial charge in [-0.25, -0.2) is 8.42 Å². The molecule has 0 radical (unpaired) electrons. The summed E-state index contributed by atoms with van der Waals surface area (Å²) in [6.45, 7) is 1.62. The van der Waals surface area contributed by atoms with Crippen LogP contribution in [0, 0.1) is 0 Å². The average Bonchev–Trinajstić information content (AvgIpc) is 3.23. The van der Waals surface area contributed by atoms with Crippen LogP contribution in [0.3, 0.4) is 0 Å². The lowest BCUT2D eigenvalue weighted by Gasteiger charge is -2.25. The number of thioether (sulfide) groups is 1. The molecule has 3 aromatic rings. The van der Waals surface area contributed by atoms with Gasteiger partial charge in [0.2, 0.25) is 11.0 Å². The first-order valence-electron chi connectivity index (χ1n) is 9.42. The van der Waals surface area contributed by atoms with E-state index in [0.29, 0.717) is 10.9 Å².